The summed E-state index contributed by atoms with van der Waals surface area (Å²) in [5.41, 5.74) is 12.5. The van der Waals surface area contributed by atoms with Crippen molar-refractivity contribution in [3.8, 4) is 0 Å². The van der Waals surface area contributed by atoms with Crippen LogP contribution in [0.15, 0.2) is 23.3 Å². The summed E-state index contributed by atoms with van der Waals surface area (Å²) in [6.45, 7) is 14.2. The molecule has 2 aliphatic rings. The van der Waals surface area contributed by atoms with Crippen molar-refractivity contribution in [2.75, 3.05) is 0 Å². The molecule has 3 rings (SSSR count). The van der Waals surface area contributed by atoms with E-state index >= 15 is 0 Å². The van der Waals surface area contributed by atoms with Crippen LogP contribution >= 0.6 is 0 Å². The number of rotatable bonds is 2. The van der Waals surface area contributed by atoms with E-state index in [4.69, 9.17) is 0 Å². The van der Waals surface area contributed by atoms with Crippen molar-refractivity contribution in [1.82, 2.24) is 0 Å². The van der Waals surface area contributed by atoms with E-state index in [9.17, 15) is 0 Å². The molecule has 0 saturated carbocycles. The highest BCUT2D eigenvalue weighted by Crippen LogP contribution is 2.41. The molecule has 0 radical (unpaired) electrons. The first-order chi connectivity index (χ1) is 11.4. The zero-order valence-corrected chi connectivity index (χ0v) is 16.6. The third kappa shape index (κ3) is 3.25. The summed E-state index contributed by atoms with van der Waals surface area (Å²) in [4.78, 5) is 0. The second-order valence-corrected chi connectivity index (χ2v) is 8.62. The third-order valence-electron chi connectivity index (χ3n) is 6.55. The van der Waals surface area contributed by atoms with E-state index in [-0.39, 0.29) is 0 Å². The van der Waals surface area contributed by atoms with Gasteiger partial charge in [-0.3, -0.25) is 0 Å². The Balaban J connectivity index is 2.02. The van der Waals surface area contributed by atoms with Crippen molar-refractivity contribution < 1.29 is 0 Å². The number of hydrogen-bond acceptors (Lipinski definition) is 0. The molecule has 130 valence electrons. The fraction of sp³-hybridized carbons (Fsp3) is 0.583. The first-order valence-corrected chi connectivity index (χ1v) is 9.86. The summed E-state index contributed by atoms with van der Waals surface area (Å²) in [5.74, 6) is 1.71. The van der Waals surface area contributed by atoms with Crippen LogP contribution in [0.2, 0.25) is 0 Å². The minimum atomic E-state index is 0.853. The van der Waals surface area contributed by atoms with Gasteiger partial charge in [0.25, 0.3) is 0 Å². The Kier molecular flexibility index (Phi) is 5.04. The maximum absolute atomic E-state index is 2.42. The zero-order valence-electron chi connectivity index (χ0n) is 16.6. The molecular formula is C24H34. The molecule has 0 heteroatoms. The van der Waals surface area contributed by atoms with Gasteiger partial charge in [-0.2, -0.15) is 0 Å². The summed E-state index contributed by atoms with van der Waals surface area (Å²) >= 11 is 0. The lowest BCUT2D eigenvalue weighted by Crippen LogP contribution is -2.09. The van der Waals surface area contributed by atoms with E-state index in [0.29, 0.717) is 0 Å². The van der Waals surface area contributed by atoms with Crippen LogP contribution < -0.4 is 0 Å². The molecule has 2 aliphatic carbocycles. The Labute approximate surface area is 149 Å². The van der Waals surface area contributed by atoms with Crippen molar-refractivity contribution in [3.05, 3.63) is 45.5 Å². The predicted molar refractivity (Wildman–Crippen MR) is 107 cm³/mol. The van der Waals surface area contributed by atoms with Crippen molar-refractivity contribution in [2.45, 2.75) is 80.1 Å². The summed E-state index contributed by atoms with van der Waals surface area (Å²) in [6.07, 6.45) is 7.75. The van der Waals surface area contributed by atoms with Gasteiger partial charge in [-0.1, -0.05) is 37.1 Å². The Morgan fingerprint density at radius 3 is 1.38 bits per heavy atom. The minimum absolute atomic E-state index is 0.853. The molecule has 24 heavy (non-hydrogen) atoms. The third-order valence-corrected chi connectivity index (χ3v) is 6.55. The maximum Gasteiger partial charge on any atom is -0.0193 e. The molecule has 1 aromatic carbocycles. The van der Waals surface area contributed by atoms with Gasteiger partial charge >= 0.3 is 0 Å². The van der Waals surface area contributed by atoms with Gasteiger partial charge in [0.2, 0.25) is 0 Å². The zero-order chi connectivity index (χ0) is 17.4. The molecule has 2 unspecified atom stereocenters. The van der Waals surface area contributed by atoms with Crippen molar-refractivity contribution in [3.63, 3.8) is 0 Å². The normalized spacial score (nSPS) is 25.4. The van der Waals surface area contributed by atoms with Gasteiger partial charge in [-0.25, -0.2) is 0 Å². The standard InChI is InChI=1S/C24H34/c1-15-7-9-21(17(3)13-15)23-11-12-24(20(6)19(23)5)22-10-8-16(2)14-18(22)4/h11-12,15-16H,7-10,13-14H2,1-6H3. The summed E-state index contributed by atoms with van der Waals surface area (Å²) in [5, 5.41) is 0. The first-order valence-electron chi connectivity index (χ1n) is 9.86. The van der Waals surface area contributed by atoms with E-state index < -0.39 is 0 Å². The van der Waals surface area contributed by atoms with E-state index in [0.717, 1.165) is 11.8 Å². The van der Waals surface area contributed by atoms with Crippen LogP contribution in [0.5, 0.6) is 0 Å². The van der Waals surface area contributed by atoms with Gasteiger partial charge in [0.15, 0.2) is 0 Å². The van der Waals surface area contributed by atoms with Crippen LogP contribution in [0.25, 0.3) is 11.1 Å². The Hall–Kier alpha value is -1.30. The monoisotopic (exact) mass is 322 g/mol. The lowest BCUT2D eigenvalue weighted by molar-refractivity contribution is 0.516. The molecule has 0 fully saturated rings. The predicted octanol–water partition coefficient (Wildman–Crippen LogP) is 7.49. The summed E-state index contributed by atoms with van der Waals surface area (Å²) in [6, 6.07) is 4.84. The van der Waals surface area contributed by atoms with Gasteiger partial charge in [0, 0.05) is 0 Å². The Morgan fingerprint density at radius 2 is 1.04 bits per heavy atom. The SMILES string of the molecule is CC1=C(c2ccc(C3=C(C)CC(C)CC3)c(C)c2C)CCC(C)C1. The average Bonchev–Trinajstić information content (AvgIpc) is 2.52. The van der Waals surface area contributed by atoms with Gasteiger partial charge in [0.05, 0.1) is 0 Å². The molecule has 0 nitrogen and oxygen atoms in total. The maximum atomic E-state index is 2.42. The molecule has 0 amide bonds. The van der Waals surface area contributed by atoms with E-state index in [2.05, 4.69) is 53.7 Å². The molecule has 0 saturated heterocycles. The van der Waals surface area contributed by atoms with Gasteiger partial charge in [0.1, 0.15) is 0 Å². The number of hydrogen-bond donors (Lipinski definition) is 0. The van der Waals surface area contributed by atoms with E-state index in [1.165, 1.54) is 60.8 Å². The van der Waals surface area contributed by atoms with Crippen molar-refractivity contribution in [1.29, 1.82) is 0 Å². The van der Waals surface area contributed by atoms with Crippen molar-refractivity contribution >= 4 is 11.1 Å². The summed E-state index contributed by atoms with van der Waals surface area (Å²) < 4.78 is 0. The van der Waals surface area contributed by atoms with Crippen LogP contribution in [-0.2, 0) is 0 Å². The topological polar surface area (TPSA) is 0 Å². The quantitative estimate of drug-likeness (QED) is 0.529. The fourth-order valence-corrected chi connectivity index (χ4v) is 4.91. The molecule has 2 atom stereocenters. The molecule has 0 heterocycles. The lowest BCUT2D eigenvalue weighted by Gasteiger charge is -2.27. The van der Waals surface area contributed by atoms with E-state index in [1.807, 2.05) is 0 Å². The highest BCUT2D eigenvalue weighted by atomic mass is 14.3. The lowest BCUT2D eigenvalue weighted by atomic mass is 9.78. The Bertz CT molecular complexity index is 638. The molecule has 0 bridgehead atoms. The van der Waals surface area contributed by atoms with Crippen LogP contribution in [0.1, 0.15) is 88.5 Å². The molecule has 1 aromatic rings. The average molecular weight is 323 g/mol. The van der Waals surface area contributed by atoms with Gasteiger partial charge in [-0.05, 0) is 111 Å². The number of allylic oxidation sites excluding steroid dienone is 4. The summed E-state index contributed by atoms with van der Waals surface area (Å²) in [7, 11) is 0. The second-order valence-electron chi connectivity index (χ2n) is 8.62. The largest absolute Gasteiger partial charge is 0.0692 e. The van der Waals surface area contributed by atoms with Crippen LogP contribution in [0.3, 0.4) is 0 Å². The van der Waals surface area contributed by atoms with Gasteiger partial charge in [-0.15, -0.1) is 0 Å². The highest BCUT2D eigenvalue weighted by molar-refractivity contribution is 5.78. The highest BCUT2D eigenvalue weighted by Gasteiger charge is 2.21. The van der Waals surface area contributed by atoms with Crippen LogP contribution in [-0.4, -0.2) is 0 Å². The molecular weight excluding hydrogens is 288 g/mol. The fourth-order valence-electron chi connectivity index (χ4n) is 4.91. The number of benzene rings is 1. The molecule has 0 aromatic heterocycles. The van der Waals surface area contributed by atoms with E-state index in [1.54, 1.807) is 22.3 Å². The first kappa shape index (κ1) is 17.5. The molecule has 0 N–H and O–H groups in total. The Morgan fingerprint density at radius 1 is 0.667 bits per heavy atom. The second kappa shape index (κ2) is 6.90. The van der Waals surface area contributed by atoms with Gasteiger partial charge < -0.3 is 0 Å². The van der Waals surface area contributed by atoms with Crippen LogP contribution in [0, 0.1) is 25.7 Å². The van der Waals surface area contributed by atoms with Crippen LogP contribution in [0.4, 0.5) is 0 Å². The molecule has 0 spiro atoms. The minimum Gasteiger partial charge on any atom is -0.0692 e. The molecule has 0 aliphatic heterocycles. The van der Waals surface area contributed by atoms with Crippen molar-refractivity contribution in [2.24, 2.45) is 11.8 Å². The smallest absolute Gasteiger partial charge is 0.0193 e.